The van der Waals surface area contributed by atoms with Gasteiger partial charge in [0.05, 0.1) is 5.25 Å². The number of fused-ring (bicyclic) bond motifs is 1. The monoisotopic (exact) mass is 407 g/mol. The predicted molar refractivity (Wildman–Crippen MR) is 113 cm³/mol. The van der Waals surface area contributed by atoms with Gasteiger partial charge < -0.3 is 11.2 Å². The van der Waals surface area contributed by atoms with E-state index in [1.807, 2.05) is 42.5 Å². The molecule has 1 aromatic heterocycles. The van der Waals surface area contributed by atoms with Crippen molar-refractivity contribution in [2.45, 2.75) is 17.3 Å². The number of nitrogens with two attached hydrogens (primary N) is 1. The van der Waals surface area contributed by atoms with E-state index in [2.05, 4.69) is 15.5 Å². The number of nitrogens with zero attached hydrogens (tertiary/aromatic N) is 3. The average Bonchev–Trinajstić information content (AvgIpc) is 3.08. The van der Waals surface area contributed by atoms with Crippen LogP contribution in [0.3, 0.4) is 0 Å². The first-order valence-corrected chi connectivity index (χ1v) is 9.82. The van der Waals surface area contributed by atoms with E-state index in [9.17, 15) is 9.18 Å². The highest BCUT2D eigenvalue weighted by molar-refractivity contribution is 8.00. The van der Waals surface area contributed by atoms with Crippen LogP contribution in [-0.2, 0) is 4.79 Å². The lowest BCUT2D eigenvalue weighted by atomic mass is 10.1. The smallest absolute Gasteiger partial charge is 0.237 e. The number of hydrogen-bond acceptors (Lipinski definition) is 5. The third-order valence-electron chi connectivity index (χ3n) is 4.42. The normalized spacial score (nSPS) is 12.1. The van der Waals surface area contributed by atoms with Crippen LogP contribution in [-0.4, -0.2) is 26.0 Å². The molecule has 4 aromatic rings. The Morgan fingerprint density at radius 3 is 2.66 bits per heavy atom. The van der Waals surface area contributed by atoms with E-state index >= 15 is 0 Å². The van der Waals surface area contributed by atoms with Crippen molar-refractivity contribution in [3.8, 4) is 11.4 Å². The Balaban J connectivity index is 1.47. The van der Waals surface area contributed by atoms with E-state index in [1.165, 1.54) is 28.6 Å². The topological polar surface area (TPSA) is 85.8 Å². The minimum atomic E-state index is -0.465. The van der Waals surface area contributed by atoms with Gasteiger partial charge in [-0.1, -0.05) is 54.2 Å². The zero-order valence-corrected chi connectivity index (χ0v) is 16.4. The van der Waals surface area contributed by atoms with Crippen molar-refractivity contribution < 1.29 is 9.18 Å². The number of carbonyl (C=O) groups is 1. The van der Waals surface area contributed by atoms with Gasteiger partial charge in [0, 0.05) is 11.3 Å². The van der Waals surface area contributed by atoms with Crippen molar-refractivity contribution in [2.24, 2.45) is 0 Å². The number of thioether (sulfide) groups is 1. The van der Waals surface area contributed by atoms with Crippen LogP contribution >= 0.6 is 11.8 Å². The molecule has 3 aromatic carbocycles. The van der Waals surface area contributed by atoms with Crippen LogP contribution < -0.4 is 11.2 Å². The molecule has 0 radical (unpaired) electrons. The first kappa shape index (κ1) is 18.9. The molecule has 0 saturated heterocycles. The molecule has 8 heteroatoms. The van der Waals surface area contributed by atoms with Crippen LogP contribution in [0.5, 0.6) is 0 Å². The zero-order valence-electron chi connectivity index (χ0n) is 15.5. The number of benzene rings is 3. The summed E-state index contributed by atoms with van der Waals surface area (Å²) in [5.74, 6) is 5.83. The molecule has 1 atom stereocenters. The number of rotatable bonds is 5. The van der Waals surface area contributed by atoms with Gasteiger partial charge in [0.2, 0.25) is 11.1 Å². The van der Waals surface area contributed by atoms with E-state index in [4.69, 9.17) is 5.84 Å². The first-order valence-electron chi connectivity index (χ1n) is 8.94. The number of anilines is 1. The maximum Gasteiger partial charge on any atom is 0.237 e. The molecule has 0 unspecified atom stereocenters. The Morgan fingerprint density at radius 2 is 1.86 bits per heavy atom. The standard InChI is InChI=1S/C21H18FN5OS/c1-13(20(28)24-18-10-9-14-5-2-3-6-15(14)12-18)29-21-26-25-19(27(21)23)16-7-4-8-17(22)11-16/h2-13H,23H2,1H3,(H,24,28)/t13-/m1/s1. The molecular formula is C21H18FN5OS. The fourth-order valence-corrected chi connectivity index (χ4v) is 3.67. The molecule has 0 spiro atoms. The summed E-state index contributed by atoms with van der Waals surface area (Å²) < 4.78 is 14.7. The molecule has 1 amide bonds. The van der Waals surface area contributed by atoms with E-state index < -0.39 is 5.25 Å². The number of amides is 1. The minimum absolute atomic E-state index is 0.180. The molecule has 0 aliphatic heterocycles. The zero-order chi connectivity index (χ0) is 20.4. The van der Waals surface area contributed by atoms with Crippen LogP contribution in [0.25, 0.3) is 22.2 Å². The van der Waals surface area contributed by atoms with Gasteiger partial charge in [-0.15, -0.1) is 10.2 Å². The maximum atomic E-state index is 13.5. The highest BCUT2D eigenvalue weighted by Crippen LogP contribution is 2.26. The number of hydrogen-bond donors (Lipinski definition) is 2. The summed E-state index contributed by atoms with van der Waals surface area (Å²) in [6, 6.07) is 19.6. The number of halogens is 1. The fourth-order valence-electron chi connectivity index (χ4n) is 2.90. The van der Waals surface area contributed by atoms with Gasteiger partial charge in [-0.3, -0.25) is 4.79 Å². The number of aromatic nitrogens is 3. The van der Waals surface area contributed by atoms with Crippen LogP contribution in [0.4, 0.5) is 10.1 Å². The predicted octanol–water partition coefficient (Wildman–Crippen LogP) is 4.07. The van der Waals surface area contributed by atoms with Crippen LogP contribution in [0.15, 0.2) is 71.9 Å². The third kappa shape index (κ3) is 4.07. The van der Waals surface area contributed by atoms with Crippen molar-refractivity contribution in [3.63, 3.8) is 0 Å². The maximum absolute atomic E-state index is 13.5. The molecule has 146 valence electrons. The van der Waals surface area contributed by atoms with Gasteiger partial charge in [-0.25, -0.2) is 9.07 Å². The molecule has 4 rings (SSSR count). The second-order valence-corrected chi connectivity index (χ2v) is 7.81. The Hall–Kier alpha value is -3.39. The summed E-state index contributed by atoms with van der Waals surface area (Å²) in [5, 5.41) is 13.0. The van der Waals surface area contributed by atoms with Gasteiger partial charge in [0.15, 0.2) is 5.82 Å². The largest absolute Gasteiger partial charge is 0.335 e. The van der Waals surface area contributed by atoms with Crippen molar-refractivity contribution in [3.05, 3.63) is 72.5 Å². The lowest BCUT2D eigenvalue weighted by Gasteiger charge is -2.12. The SMILES string of the molecule is C[C@@H](Sc1nnc(-c2cccc(F)c2)n1N)C(=O)Nc1ccc2ccccc2c1. The molecule has 0 fully saturated rings. The first-order chi connectivity index (χ1) is 14.0. The average molecular weight is 407 g/mol. The van der Waals surface area contributed by atoms with Crippen LogP contribution in [0, 0.1) is 5.82 Å². The van der Waals surface area contributed by atoms with Crippen molar-refractivity contribution >= 4 is 34.1 Å². The fraction of sp³-hybridized carbons (Fsp3) is 0.0952. The third-order valence-corrected chi connectivity index (χ3v) is 5.47. The van der Waals surface area contributed by atoms with Crippen LogP contribution in [0.2, 0.25) is 0 Å². The van der Waals surface area contributed by atoms with Gasteiger partial charge in [0.25, 0.3) is 0 Å². The highest BCUT2D eigenvalue weighted by atomic mass is 32.2. The Kier molecular flexibility index (Phi) is 5.18. The van der Waals surface area contributed by atoms with Gasteiger partial charge in [-0.05, 0) is 42.0 Å². The molecule has 1 heterocycles. The molecule has 0 saturated carbocycles. The quantitative estimate of drug-likeness (QED) is 0.385. The number of nitrogen functional groups attached to an aromatic ring is 1. The molecule has 0 aliphatic carbocycles. The summed E-state index contributed by atoms with van der Waals surface area (Å²) >= 11 is 1.18. The van der Waals surface area contributed by atoms with Crippen LogP contribution in [0.1, 0.15) is 6.92 Å². The summed E-state index contributed by atoms with van der Waals surface area (Å²) in [4.78, 5) is 12.6. The summed E-state index contributed by atoms with van der Waals surface area (Å²) in [7, 11) is 0. The van der Waals surface area contributed by atoms with Gasteiger partial charge >= 0.3 is 0 Å². The van der Waals surface area contributed by atoms with E-state index in [0.29, 0.717) is 16.5 Å². The summed E-state index contributed by atoms with van der Waals surface area (Å²) in [6.45, 7) is 1.76. The summed E-state index contributed by atoms with van der Waals surface area (Å²) in [5.41, 5.74) is 1.23. The summed E-state index contributed by atoms with van der Waals surface area (Å²) in [6.07, 6.45) is 0. The molecule has 29 heavy (non-hydrogen) atoms. The van der Waals surface area contributed by atoms with Gasteiger partial charge in [0.1, 0.15) is 5.82 Å². The van der Waals surface area contributed by atoms with Crippen molar-refractivity contribution in [1.82, 2.24) is 14.9 Å². The number of nitrogens with one attached hydrogen (secondary N) is 1. The molecular weight excluding hydrogens is 389 g/mol. The molecule has 6 nitrogen and oxygen atoms in total. The lowest BCUT2D eigenvalue weighted by Crippen LogP contribution is -2.23. The second-order valence-electron chi connectivity index (χ2n) is 6.50. The minimum Gasteiger partial charge on any atom is -0.335 e. The molecule has 0 aliphatic rings. The van der Waals surface area contributed by atoms with Gasteiger partial charge in [-0.2, -0.15) is 0 Å². The van der Waals surface area contributed by atoms with E-state index in [0.717, 1.165) is 16.5 Å². The van der Waals surface area contributed by atoms with E-state index in [1.54, 1.807) is 19.1 Å². The second kappa shape index (κ2) is 7.92. The highest BCUT2D eigenvalue weighted by Gasteiger charge is 2.20. The Labute approximate surface area is 170 Å². The lowest BCUT2D eigenvalue weighted by molar-refractivity contribution is -0.115. The molecule has 3 N–H and O–H groups in total. The van der Waals surface area contributed by atoms with Crippen molar-refractivity contribution in [2.75, 3.05) is 11.2 Å². The van der Waals surface area contributed by atoms with Crippen molar-refractivity contribution in [1.29, 1.82) is 0 Å². The Morgan fingerprint density at radius 1 is 1.07 bits per heavy atom. The molecule has 0 bridgehead atoms. The Bertz CT molecular complexity index is 1190. The number of carbonyl (C=O) groups excluding carboxylic acids is 1. The van der Waals surface area contributed by atoms with E-state index in [-0.39, 0.29) is 11.7 Å².